The van der Waals surface area contributed by atoms with Crippen LogP contribution in [0.1, 0.15) is 20.3 Å². The van der Waals surface area contributed by atoms with Crippen LogP contribution < -0.4 is 0 Å². The van der Waals surface area contributed by atoms with Gasteiger partial charge in [0.15, 0.2) is 11.1 Å². The lowest BCUT2D eigenvalue weighted by atomic mass is 10.1. The highest BCUT2D eigenvalue weighted by Gasteiger charge is 2.06. The van der Waals surface area contributed by atoms with Crippen molar-refractivity contribution in [3.05, 3.63) is 34.8 Å². The second-order valence-corrected chi connectivity index (χ2v) is 4.08. The van der Waals surface area contributed by atoms with Crippen molar-refractivity contribution in [3.8, 4) is 0 Å². The van der Waals surface area contributed by atoms with E-state index >= 15 is 0 Å². The number of hydrogen-bond acceptors (Lipinski definition) is 1. The standard InChI is InChI=1S/C10H14O2S/c1-3-9-6-8(2)4-5-10(7-9)13(11)12/h4-8H,3H2,1-2H3,(H,11,12). The molecule has 0 bridgehead atoms. The summed E-state index contributed by atoms with van der Waals surface area (Å²) >= 11 is -1.87. The first-order valence-corrected chi connectivity index (χ1v) is 5.45. The van der Waals surface area contributed by atoms with Crippen LogP contribution >= 0.6 is 0 Å². The second kappa shape index (κ2) is 4.53. The van der Waals surface area contributed by atoms with Gasteiger partial charge >= 0.3 is 0 Å². The van der Waals surface area contributed by atoms with Gasteiger partial charge in [0.1, 0.15) is 0 Å². The van der Waals surface area contributed by atoms with E-state index in [4.69, 9.17) is 4.55 Å². The zero-order valence-corrected chi connectivity index (χ0v) is 8.67. The molecule has 0 fully saturated rings. The van der Waals surface area contributed by atoms with E-state index in [0.717, 1.165) is 12.0 Å². The number of allylic oxidation sites excluding steroid dienone is 5. The topological polar surface area (TPSA) is 37.3 Å². The minimum atomic E-state index is -1.87. The van der Waals surface area contributed by atoms with Crippen LogP contribution in [0, 0.1) is 5.92 Å². The van der Waals surface area contributed by atoms with Gasteiger partial charge in [-0.25, -0.2) is 4.21 Å². The molecule has 3 heteroatoms. The molecule has 13 heavy (non-hydrogen) atoms. The summed E-state index contributed by atoms with van der Waals surface area (Å²) in [6.45, 7) is 4.10. The Morgan fingerprint density at radius 2 is 2.31 bits per heavy atom. The zero-order chi connectivity index (χ0) is 9.84. The van der Waals surface area contributed by atoms with Gasteiger partial charge in [0.25, 0.3) is 0 Å². The molecule has 2 atom stereocenters. The molecule has 0 saturated carbocycles. The SMILES string of the molecule is CCC1=CC(C)C=CC(S(=O)O)=C1. The Kier molecular flexibility index (Phi) is 3.63. The van der Waals surface area contributed by atoms with Crippen molar-refractivity contribution >= 4 is 11.1 Å². The van der Waals surface area contributed by atoms with Crippen molar-refractivity contribution in [2.45, 2.75) is 20.3 Å². The summed E-state index contributed by atoms with van der Waals surface area (Å²) in [5, 5.41) is 0. The summed E-state index contributed by atoms with van der Waals surface area (Å²) in [7, 11) is 0. The Bertz CT molecular complexity index is 300. The predicted octanol–water partition coefficient (Wildman–Crippen LogP) is 2.63. The van der Waals surface area contributed by atoms with Crippen molar-refractivity contribution in [1.29, 1.82) is 0 Å². The summed E-state index contributed by atoms with van der Waals surface area (Å²) in [5.41, 5.74) is 1.12. The quantitative estimate of drug-likeness (QED) is 0.692. The van der Waals surface area contributed by atoms with Crippen LogP contribution in [0.5, 0.6) is 0 Å². The fourth-order valence-corrected chi connectivity index (χ4v) is 1.69. The highest BCUT2D eigenvalue weighted by atomic mass is 32.2. The van der Waals surface area contributed by atoms with Gasteiger partial charge in [-0.05, 0) is 24.5 Å². The maximum Gasteiger partial charge on any atom is 0.186 e. The second-order valence-electron chi connectivity index (χ2n) is 3.11. The van der Waals surface area contributed by atoms with E-state index < -0.39 is 11.1 Å². The molecule has 1 N–H and O–H groups in total. The molecule has 1 aliphatic rings. The van der Waals surface area contributed by atoms with Crippen LogP contribution in [0.4, 0.5) is 0 Å². The number of rotatable bonds is 2. The normalized spacial score (nSPS) is 24.7. The summed E-state index contributed by atoms with van der Waals surface area (Å²) in [6.07, 6.45) is 8.45. The summed E-state index contributed by atoms with van der Waals surface area (Å²) in [6, 6.07) is 0. The van der Waals surface area contributed by atoms with Crippen LogP contribution in [-0.2, 0) is 11.1 Å². The van der Waals surface area contributed by atoms with E-state index in [9.17, 15) is 4.21 Å². The molecule has 0 radical (unpaired) electrons. The highest BCUT2D eigenvalue weighted by Crippen LogP contribution is 2.18. The molecule has 0 amide bonds. The van der Waals surface area contributed by atoms with Crippen LogP contribution in [0.3, 0.4) is 0 Å². The van der Waals surface area contributed by atoms with Gasteiger partial charge in [0, 0.05) is 0 Å². The van der Waals surface area contributed by atoms with Crippen LogP contribution in [-0.4, -0.2) is 8.76 Å². The molecule has 1 rings (SSSR count). The molecule has 0 aliphatic heterocycles. The van der Waals surface area contributed by atoms with E-state index in [2.05, 4.69) is 13.0 Å². The van der Waals surface area contributed by atoms with Crippen molar-refractivity contribution in [3.63, 3.8) is 0 Å². The third-order valence-electron chi connectivity index (χ3n) is 1.98. The monoisotopic (exact) mass is 198 g/mol. The molecule has 0 spiro atoms. The Morgan fingerprint density at radius 1 is 1.62 bits per heavy atom. The lowest BCUT2D eigenvalue weighted by Gasteiger charge is -1.98. The Hall–Kier alpha value is -0.670. The van der Waals surface area contributed by atoms with E-state index in [-0.39, 0.29) is 0 Å². The maximum absolute atomic E-state index is 10.8. The average Bonchev–Trinajstić information content (AvgIpc) is 2.26. The van der Waals surface area contributed by atoms with Gasteiger partial charge in [-0.1, -0.05) is 31.6 Å². The molecule has 0 aromatic carbocycles. The summed E-state index contributed by atoms with van der Waals surface area (Å²) in [4.78, 5) is 0.484. The maximum atomic E-state index is 10.8. The molecule has 2 nitrogen and oxygen atoms in total. The van der Waals surface area contributed by atoms with Gasteiger partial charge in [0.05, 0.1) is 4.91 Å². The van der Waals surface area contributed by atoms with E-state index in [1.807, 2.05) is 13.0 Å². The van der Waals surface area contributed by atoms with E-state index in [1.54, 1.807) is 12.2 Å². The third kappa shape index (κ3) is 2.94. The first-order valence-electron chi connectivity index (χ1n) is 4.35. The van der Waals surface area contributed by atoms with Gasteiger partial charge in [0.2, 0.25) is 0 Å². The molecule has 0 heterocycles. The number of hydrogen-bond donors (Lipinski definition) is 1. The smallest absolute Gasteiger partial charge is 0.186 e. The first-order chi connectivity index (χ1) is 6.13. The Labute approximate surface area is 81.3 Å². The molecule has 0 aromatic heterocycles. The predicted molar refractivity (Wildman–Crippen MR) is 55.5 cm³/mol. The van der Waals surface area contributed by atoms with Crippen LogP contribution in [0.2, 0.25) is 0 Å². The van der Waals surface area contributed by atoms with Crippen LogP contribution in [0.15, 0.2) is 34.8 Å². The molecule has 2 unspecified atom stereocenters. The summed E-state index contributed by atoms with van der Waals surface area (Å²) < 4.78 is 19.8. The molecular formula is C10H14O2S. The fraction of sp³-hybridized carbons (Fsp3) is 0.400. The largest absolute Gasteiger partial charge is 0.302 e. The highest BCUT2D eigenvalue weighted by molar-refractivity contribution is 7.83. The lowest BCUT2D eigenvalue weighted by molar-refractivity contribution is 0.572. The van der Waals surface area contributed by atoms with Gasteiger partial charge in [-0.3, -0.25) is 0 Å². The average molecular weight is 198 g/mol. The van der Waals surface area contributed by atoms with Gasteiger partial charge < -0.3 is 4.55 Å². The molecule has 1 aliphatic carbocycles. The molecule has 0 saturated heterocycles. The van der Waals surface area contributed by atoms with E-state index in [1.165, 1.54) is 0 Å². The minimum absolute atomic E-state index is 0.340. The van der Waals surface area contributed by atoms with Gasteiger partial charge in [-0.2, -0.15) is 0 Å². The van der Waals surface area contributed by atoms with Gasteiger partial charge in [-0.15, -0.1) is 0 Å². The fourth-order valence-electron chi connectivity index (χ4n) is 1.25. The summed E-state index contributed by atoms with van der Waals surface area (Å²) in [5.74, 6) is 0.340. The molecular weight excluding hydrogens is 184 g/mol. The minimum Gasteiger partial charge on any atom is -0.302 e. The van der Waals surface area contributed by atoms with E-state index in [0.29, 0.717) is 10.8 Å². The first kappa shape index (κ1) is 10.4. The van der Waals surface area contributed by atoms with Crippen LogP contribution in [0.25, 0.3) is 0 Å². The zero-order valence-electron chi connectivity index (χ0n) is 7.86. The Morgan fingerprint density at radius 3 is 2.85 bits per heavy atom. The van der Waals surface area contributed by atoms with Crippen molar-refractivity contribution in [1.82, 2.24) is 0 Å². The van der Waals surface area contributed by atoms with Crippen molar-refractivity contribution in [2.24, 2.45) is 5.92 Å². The molecule has 0 aromatic rings. The lowest BCUT2D eigenvalue weighted by Crippen LogP contribution is -1.89. The Balaban J connectivity index is 2.99. The molecule has 72 valence electrons. The van der Waals surface area contributed by atoms with Crippen molar-refractivity contribution < 1.29 is 8.76 Å². The third-order valence-corrected chi connectivity index (χ3v) is 2.64. The van der Waals surface area contributed by atoms with Crippen molar-refractivity contribution in [2.75, 3.05) is 0 Å².